The molecule has 0 aliphatic heterocycles. The number of halogens is 2. The van der Waals surface area contributed by atoms with Gasteiger partial charge in [-0.1, -0.05) is 0 Å². The molecule has 0 bridgehead atoms. The van der Waals surface area contributed by atoms with Crippen molar-refractivity contribution in [3.05, 3.63) is 29.6 Å². The molecular weight excluding hydrogens is 195 g/mol. The highest BCUT2D eigenvalue weighted by atomic mass is 35.5. The lowest BCUT2D eigenvalue weighted by Gasteiger charge is -2.02. The Morgan fingerprint density at radius 3 is 2.77 bits per heavy atom. The molecule has 0 saturated heterocycles. The Hall–Kier alpha value is -1.09. The fraction of sp³-hybridized carbons (Fsp3) is 0.222. The summed E-state index contributed by atoms with van der Waals surface area (Å²) in [6, 6.07) is 3.78. The van der Waals surface area contributed by atoms with E-state index in [1.165, 1.54) is 19.2 Å². The predicted octanol–water partition coefficient (Wildman–Crippen LogP) is 2.26. The highest BCUT2D eigenvalue weighted by molar-refractivity contribution is 6.30. The van der Waals surface area contributed by atoms with E-state index >= 15 is 0 Å². The Bertz CT molecular complexity index is 325. The van der Waals surface area contributed by atoms with Crippen LogP contribution in [0.3, 0.4) is 0 Å². The number of benzene rings is 1. The number of hydrogen-bond acceptors (Lipinski definition) is 2. The maximum Gasteiger partial charge on any atom is 0.177 e. The second-order valence-corrected chi connectivity index (χ2v) is 2.70. The maximum atomic E-state index is 12.8. The zero-order valence-electron chi connectivity index (χ0n) is 7.01. The van der Waals surface area contributed by atoms with Crippen LogP contribution in [0.15, 0.2) is 18.2 Å². The van der Waals surface area contributed by atoms with Crippen LogP contribution in [0.2, 0.25) is 0 Å². The van der Waals surface area contributed by atoms with Crippen molar-refractivity contribution in [3.63, 3.8) is 0 Å². The Labute approximate surface area is 80.3 Å². The van der Waals surface area contributed by atoms with Gasteiger partial charge in [0.1, 0.15) is 11.6 Å². The van der Waals surface area contributed by atoms with E-state index in [1.807, 2.05) is 0 Å². The summed E-state index contributed by atoms with van der Waals surface area (Å²) in [7, 11) is 1.41. The minimum absolute atomic E-state index is 0.160. The quantitative estimate of drug-likeness (QED) is 0.555. The largest absolute Gasteiger partial charge is 0.497 e. The Morgan fingerprint density at radius 2 is 2.23 bits per heavy atom. The minimum Gasteiger partial charge on any atom is -0.497 e. The van der Waals surface area contributed by atoms with Gasteiger partial charge in [0.2, 0.25) is 0 Å². The van der Waals surface area contributed by atoms with Crippen molar-refractivity contribution in [2.75, 3.05) is 13.0 Å². The van der Waals surface area contributed by atoms with E-state index in [4.69, 9.17) is 16.3 Å². The smallest absolute Gasteiger partial charge is 0.177 e. The second-order valence-electron chi connectivity index (χ2n) is 2.44. The number of rotatable bonds is 3. The van der Waals surface area contributed by atoms with Gasteiger partial charge in [-0.3, -0.25) is 4.79 Å². The van der Waals surface area contributed by atoms with Crippen molar-refractivity contribution in [2.45, 2.75) is 0 Å². The van der Waals surface area contributed by atoms with Gasteiger partial charge in [0.25, 0.3) is 0 Å². The average Bonchev–Trinajstić information content (AvgIpc) is 2.15. The molecule has 4 heteroatoms. The van der Waals surface area contributed by atoms with Gasteiger partial charge in [0.05, 0.1) is 13.0 Å². The molecule has 13 heavy (non-hydrogen) atoms. The van der Waals surface area contributed by atoms with E-state index in [9.17, 15) is 9.18 Å². The standard InChI is InChI=1S/C9H8ClFO2/c1-13-8-3-6(9(12)5-10)2-7(11)4-8/h2-4H,5H2,1H3. The van der Waals surface area contributed by atoms with Crippen molar-refractivity contribution >= 4 is 17.4 Å². The molecule has 0 radical (unpaired) electrons. The summed E-state index contributed by atoms with van der Waals surface area (Å²) in [5.74, 6) is -0.673. The van der Waals surface area contributed by atoms with Gasteiger partial charge in [-0.2, -0.15) is 0 Å². The number of Topliss-reactive ketones (excluding diaryl/α,β-unsaturated/α-hetero) is 1. The van der Waals surface area contributed by atoms with E-state index in [-0.39, 0.29) is 17.2 Å². The van der Waals surface area contributed by atoms with E-state index < -0.39 is 5.82 Å². The maximum absolute atomic E-state index is 12.8. The summed E-state index contributed by atoms with van der Waals surface area (Å²) >= 11 is 5.32. The third-order valence-corrected chi connectivity index (χ3v) is 1.79. The zero-order valence-corrected chi connectivity index (χ0v) is 7.77. The van der Waals surface area contributed by atoms with Crippen LogP contribution in [-0.4, -0.2) is 18.8 Å². The molecule has 0 heterocycles. The number of carbonyl (C=O) groups is 1. The molecule has 0 atom stereocenters. The number of methoxy groups -OCH3 is 1. The van der Waals surface area contributed by atoms with Gasteiger partial charge >= 0.3 is 0 Å². The molecule has 0 amide bonds. The molecule has 0 aliphatic carbocycles. The second kappa shape index (κ2) is 4.23. The van der Waals surface area contributed by atoms with Crippen molar-refractivity contribution in [1.29, 1.82) is 0 Å². The summed E-state index contributed by atoms with van der Waals surface area (Å²) in [5.41, 5.74) is 0.229. The van der Waals surface area contributed by atoms with Gasteiger partial charge in [-0.05, 0) is 12.1 Å². The fourth-order valence-electron chi connectivity index (χ4n) is 0.919. The third-order valence-electron chi connectivity index (χ3n) is 1.55. The molecule has 1 aromatic carbocycles. The van der Waals surface area contributed by atoms with Crippen LogP contribution in [-0.2, 0) is 0 Å². The first-order chi connectivity index (χ1) is 6.17. The molecule has 0 aromatic heterocycles. The van der Waals surface area contributed by atoms with Crippen LogP contribution in [0.5, 0.6) is 5.75 Å². The molecule has 0 saturated carbocycles. The molecule has 0 fully saturated rings. The van der Waals surface area contributed by atoms with Gasteiger partial charge in [0, 0.05) is 11.6 Å². The van der Waals surface area contributed by atoms with E-state index in [0.29, 0.717) is 5.75 Å². The monoisotopic (exact) mass is 202 g/mol. The van der Waals surface area contributed by atoms with E-state index in [0.717, 1.165) is 6.07 Å². The van der Waals surface area contributed by atoms with Crippen LogP contribution >= 0.6 is 11.6 Å². The Morgan fingerprint density at radius 1 is 1.54 bits per heavy atom. The summed E-state index contributed by atoms with van der Waals surface area (Å²) < 4.78 is 17.6. The number of hydrogen-bond donors (Lipinski definition) is 0. The minimum atomic E-state index is -0.507. The van der Waals surface area contributed by atoms with Crippen molar-refractivity contribution in [1.82, 2.24) is 0 Å². The van der Waals surface area contributed by atoms with Gasteiger partial charge in [0.15, 0.2) is 5.78 Å². The molecular formula is C9H8ClFO2. The van der Waals surface area contributed by atoms with Gasteiger partial charge in [-0.15, -0.1) is 11.6 Å². The van der Waals surface area contributed by atoms with E-state index in [2.05, 4.69) is 0 Å². The molecule has 0 aliphatic rings. The number of ketones is 1. The Balaban J connectivity index is 3.08. The molecule has 0 spiro atoms. The molecule has 1 aromatic rings. The van der Waals surface area contributed by atoms with Crippen LogP contribution < -0.4 is 4.74 Å². The lowest BCUT2D eigenvalue weighted by atomic mass is 10.1. The summed E-state index contributed by atoms with van der Waals surface area (Å²) in [4.78, 5) is 11.1. The molecule has 2 nitrogen and oxygen atoms in total. The van der Waals surface area contributed by atoms with Crippen molar-refractivity contribution in [2.24, 2.45) is 0 Å². The lowest BCUT2D eigenvalue weighted by molar-refractivity contribution is 0.102. The Kier molecular flexibility index (Phi) is 3.25. The van der Waals surface area contributed by atoms with Crippen LogP contribution in [0.4, 0.5) is 4.39 Å². The number of alkyl halides is 1. The van der Waals surface area contributed by atoms with Gasteiger partial charge in [-0.25, -0.2) is 4.39 Å². The first-order valence-corrected chi connectivity index (χ1v) is 4.14. The number of carbonyl (C=O) groups excluding carboxylic acids is 1. The molecule has 0 unspecified atom stereocenters. The topological polar surface area (TPSA) is 26.3 Å². The van der Waals surface area contributed by atoms with Crippen molar-refractivity contribution in [3.8, 4) is 5.75 Å². The van der Waals surface area contributed by atoms with Crippen molar-refractivity contribution < 1.29 is 13.9 Å². The first-order valence-electron chi connectivity index (χ1n) is 3.61. The van der Waals surface area contributed by atoms with Crippen LogP contribution in [0.25, 0.3) is 0 Å². The van der Waals surface area contributed by atoms with Crippen LogP contribution in [0, 0.1) is 5.82 Å². The van der Waals surface area contributed by atoms with E-state index in [1.54, 1.807) is 0 Å². The predicted molar refractivity (Wildman–Crippen MR) is 48.0 cm³/mol. The molecule has 1 rings (SSSR count). The average molecular weight is 203 g/mol. The highest BCUT2D eigenvalue weighted by Gasteiger charge is 2.07. The normalized spacial score (nSPS) is 9.77. The van der Waals surface area contributed by atoms with Crippen LogP contribution in [0.1, 0.15) is 10.4 Å². The summed E-state index contributed by atoms with van der Waals surface area (Å²) in [5, 5.41) is 0. The fourth-order valence-corrected chi connectivity index (χ4v) is 1.07. The summed E-state index contributed by atoms with van der Waals surface area (Å²) in [6.45, 7) is 0. The SMILES string of the molecule is COc1cc(F)cc(C(=O)CCl)c1. The zero-order chi connectivity index (χ0) is 9.84. The lowest BCUT2D eigenvalue weighted by Crippen LogP contribution is -2.01. The molecule has 70 valence electrons. The third kappa shape index (κ3) is 2.42. The van der Waals surface area contributed by atoms with Gasteiger partial charge < -0.3 is 4.74 Å². The summed E-state index contributed by atoms with van der Waals surface area (Å²) in [6.07, 6.45) is 0. The first kappa shape index (κ1) is 9.99. The highest BCUT2D eigenvalue weighted by Crippen LogP contribution is 2.16. The number of ether oxygens (including phenoxy) is 1. The molecule has 0 N–H and O–H groups in total.